The number of amides is 1. The van der Waals surface area contributed by atoms with E-state index in [9.17, 15) is 9.18 Å². The lowest BCUT2D eigenvalue weighted by atomic mass is 10.2. The van der Waals surface area contributed by atoms with Crippen molar-refractivity contribution in [2.24, 2.45) is 0 Å². The molecule has 0 saturated carbocycles. The molecule has 0 radical (unpaired) electrons. The predicted molar refractivity (Wildman–Crippen MR) is 92.2 cm³/mol. The highest BCUT2D eigenvalue weighted by Crippen LogP contribution is 2.34. The van der Waals surface area contributed by atoms with Crippen LogP contribution in [0.25, 0.3) is 0 Å². The number of hydrogen-bond acceptors (Lipinski definition) is 6. The molecule has 7 nitrogen and oxygen atoms in total. The third-order valence-corrected chi connectivity index (χ3v) is 3.67. The van der Waals surface area contributed by atoms with Gasteiger partial charge in [-0.2, -0.15) is 0 Å². The lowest BCUT2D eigenvalue weighted by Gasteiger charge is -2.08. The summed E-state index contributed by atoms with van der Waals surface area (Å²) in [5, 5.41) is 13.5. The van der Waals surface area contributed by atoms with E-state index in [1.807, 2.05) is 6.07 Å². The largest absolute Gasteiger partial charge is 0.454 e. The van der Waals surface area contributed by atoms with E-state index in [0.29, 0.717) is 17.3 Å². The van der Waals surface area contributed by atoms with Crippen molar-refractivity contribution in [2.75, 3.05) is 17.4 Å². The molecule has 3 aromatic rings. The van der Waals surface area contributed by atoms with Gasteiger partial charge < -0.3 is 20.1 Å². The molecule has 130 valence electrons. The Kier molecular flexibility index (Phi) is 4.06. The molecule has 1 aromatic heterocycles. The Bertz CT molecular complexity index is 963. The monoisotopic (exact) mass is 352 g/mol. The van der Waals surface area contributed by atoms with Crippen LogP contribution in [0.3, 0.4) is 0 Å². The average Bonchev–Trinajstić information content (AvgIpc) is 3.11. The van der Waals surface area contributed by atoms with Gasteiger partial charge in [0.1, 0.15) is 5.82 Å². The van der Waals surface area contributed by atoms with Crippen LogP contribution in [0, 0.1) is 5.82 Å². The van der Waals surface area contributed by atoms with Crippen LogP contribution in [-0.2, 0) is 0 Å². The molecule has 0 saturated heterocycles. The zero-order chi connectivity index (χ0) is 17.9. The molecule has 0 aliphatic carbocycles. The van der Waals surface area contributed by atoms with E-state index in [2.05, 4.69) is 20.8 Å². The Hall–Kier alpha value is -3.68. The maximum absolute atomic E-state index is 13.6. The summed E-state index contributed by atoms with van der Waals surface area (Å²) in [4.78, 5) is 12.1. The minimum Gasteiger partial charge on any atom is -0.454 e. The number of carbonyl (C=O) groups excluding carboxylic acids is 1. The highest BCUT2D eigenvalue weighted by atomic mass is 19.1. The lowest BCUT2D eigenvalue weighted by molar-refractivity contribution is 0.102. The van der Waals surface area contributed by atoms with Gasteiger partial charge in [0, 0.05) is 11.8 Å². The van der Waals surface area contributed by atoms with Crippen molar-refractivity contribution in [1.29, 1.82) is 0 Å². The molecule has 1 aliphatic heterocycles. The molecule has 1 aliphatic rings. The molecule has 4 rings (SSSR count). The summed E-state index contributed by atoms with van der Waals surface area (Å²) in [6.07, 6.45) is 0. The number of nitrogens with one attached hydrogen (secondary N) is 2. The summed E-state index contributed by atoms with van der Waals surface area (Å²) in [6.45, 7) is 0.203. The third kappa shape index (κ3) is 3.25. The quantitative estimate of drug-likeness (QED) is 0.749. The van der Waals surface area contributed by atoms with E-state index in [0.717, 1.165) is 5.69 Å². The average molecular weight is 352 g/mol. The topological polar surface area (TPSA) is 85.4 Å². The van der Waals surface area contributed by atoms with Gasteiger partial charge in [-0.3, -0.25) is 4.79 Å². The van der Waals surface area contributed by atoms with E-state index in [4.69, 9.17) is 9.47 Å². The zero-order valence-corrected chi connectivity index (χ0v) is 13.4. The van der Waals surface area contributed by atoms with Crippen molar-refractivity contribution in [3.8, 4) is 11.5 Å². The number of carbonyl (C=O) groups is 1. The van der Waals surface area contributed by atoms with Gasteiger partial charge in [-0.25, -0.2) is 4.39 Å². The molecule has 0 atom stereocenters. The maximum Gasteiger partial charge on any atom is 0.259 e. The second-order valence-electron chi connectivity index (χ2n) is 5.43. The highest BCUT2D eigenvalue weighted by Gasteiger charge is 2.14. The van der Waals surface area contributed by atoms with Crippen molar-refractivity contribution in [2.45, 2.75) is 0 Å². The molecule has 0 unspecified atom stereocenters. The first kappa shape index (κ1) is 15.8. The van der Waals surface area contributed by atoms with Gasteiger partial charge in [0.25, 0.3) is 5.91 Å². The summed E-state index contributed by atoms with van der Waals surface area (Å²) >= 11 is 0. The summed E-state index contributed by atoms with van der Waals surface area (Å²) in [7, 11) is 0. The molecule has 8 heteroatoms. The number of anilines is 3. The van der Waals surface area contributed by atoms with Gasteiger partial charge in [0.2, 0.25) is 6.79 Å². The van der Waals surface area contributed by atoms with E-state index >= 15 is 0 Å². The standard InChI is InChI=1S/C18H13FN4O3/c19-13-4-2-1-3-12(13)18(24)21-17-8-7-16(22-23-17)20-11-5-6-14-15(9-11)26-10-25-14/h1-9H,10H2,(H,20,22)(H,21,23,24). The van der Waals surface area contributed by atoms with Crippen molar-refractivity contribution < 1.29 is 18.7 Å². The number of fused-ring (bicyclic) bond motifs is 1. The van der Waals surface area contributed by atoms with Crippen LogP contribution in [0.2, 0.25) is 0 Å². The first-order valence-electron chi connectivity index (χ1n) is 7.75. The minimum absolute atomic E-state index is 0.0585. The normalized spacial score (nSPS) is 11.9. The fraction of sp³-hybridized carbons (Fsp3) is 0.0556. The highest BCUT2D eigenvalue weighted by molar-refractivity contribution is 6.03. The second-order valence-corrected chi connectivity index (χ2v) is 5.43. The summed E-state index contributed by atoms with van der Waals surface area (Å²) in [6, 6.07) is 14.3. The molecule has 2 aromatic carbocycles. The Morgan fingerprint density at radius 3 is 2.54 bits per heavy atom. The number of halogens is 1. The molecular weight excluding hydrogens is 339 g/mol. The molecule has 2 N–H and O–H groups in total. The smallest absolute Gasteiger partial charge is 0.259 e. The first-order chi connectivity index (χ1) is 12.7. The van der Waals surface area contributed by atoms with E-state index in [1.54, 1.807) is 30.3 Å². The third-order valence-electron chi connectivity index (χ3n) is 3.67. The summed E-state index contributed by atoms with van der Waals surface area (Å²) < 4.78 is 24.2. The second kappa shape index (κ2) is 6.67. The molecule has 0 spiro atoms. The van der Waals surface area contributed by atoms with Crippen LogP contribution < -0.4 is 20.1 Å². The van der Waals surface area contributed by atoms with Crippen molar-refractivity contribution in [3.63, 3.8) is 0 Å². The van der Waals surface area contributed by atoms with E-state index in [-0.39, 0.29) is 18.2 Å². The molecular formula is C18H13FN4O3. The van der Waals surface area contributed by atoms with Gasteiger partial charge in [-0.1, -0.05) is 12.1 Å². The van der Waals surface area contributed by atoms with Gasteiger partial charge in [-0.05, 0) is 36.4 Å². The van der Waals surface area contributed by atoms with Gasteiger partial charge in [-0.15, -0.1) is 10.2 Å². The number of nitrogens with zero attached hydrogens (tertiary/aromatic N) is 2. The predicted octanol–water partition coefficient (Wildman–Crippen LogP) is 3.34. The van der Waals surface area contributed by atoms with Crippen molar-refractivity contribution in [1.82, 2.24) is 10.2 Å². The lowest BCUT2D eigenvalue weighted by Crippen LogP contribution is -2.15. The minimum atomic E-state index is -0.598. The van der Waals surface area contributed by atoms with Crippen LogP contribution in [-0.4, -0.2) is 22.9 Å². The van der Waals surface area contributed by atoms with Crippen molar-refractivity contribution in [3.05, 3.63) is 66.0 Å². The molecule has 1 amide bonds. The Morgan fingerprint density at radius 2 is 1.73 bits per heavy atom. The number of ether oxygens (including phenoxy) is 2. The van der Waals surface area contributed by atoms with Crippen LogP contribution in [0.15, 0.2) is 54.6 Å². The van der Waals surface area contributed by atoms with E-state index < -0.39 is 11.7 Å². The fourth-order valence-corrected chi connectivity index (χ4v) is 2.42. The molecule has 0 bridgehead atoms. The number of rotatable bonds is 4. The maximum atomic E-state index is 13.6. The Labute approximate surface area is 147 Å². The van der Waals surface area contributed by atoms with Gasteiger partial charge in [0.05, 0.1) is 5.56 Å². The SMILES string of the molecule is O=C(Nc1ccc(Nc2ccc3c(c2)OCO3)nn1)c1ccccc1F. The first-order valence-corrected chi connectivity index (χ1v) is 7.75. The van der Waals surface area contributed by atoms with E-state index in [1.165, 1.54) is 18.2 Å². The van der Waals surface area contributed by atoms with Crippen LogP contribution >= 0.6 is 0 Å². The van der Waals surface area contributed by atoms with Crippen LogP contribution in [0.5, 0.6) is 11.5 Å². The molecule has 26 heavy (non-hydrogen) atoms. The summed E-state index contributed by atoms with van der Waals surface area (Å²) in [5.74, 6) is 0.847. The number of hydrogen-bond donors (Lipinski definition) is 2. The van der Waals surface area contributed by atoms with Gasteiger partial charge in [0.15, 0.2) is 23.1 Å². The number of aromatic nitrogens is 2. The molecule has 2 heterocycles. The van der Waals surface area contributed by atoms with Crippen molar-refractivity contribution >= 4 is 23.2 Å². The Morgan fingerprint density at radius 1 is 0.962 bits per heavy atom. The number of benzene rings is 2. The van der Waals surface area contributed by atoms with Crippen LogP contribution in [0.1, 0.15) is 10.4 Å². The summed E-state index contributed by atoms with van der Waals surface area (Å²) in [5.41, 5.74) is 0.698. The fourth-order valence-electron chi connectivity index (χ4n) is 2.42. The Balaban J connectivity index is 1.44. The molecule has 0 fully saturated rings. The van der Waals surface area contributed by atoms with Crippen LogP contribution in [0.4, 0.5) is 21.7 Å². The van der Waals surface area contributed by atoms with Gasteiger partial charge >= 0.3 is 0 Å². The zero-order valence-electron chi connectivity index (χ0n) is 13.4.